The third kappa shape index (κ3) is 7.38. The minimum Gasteiger partial charge on any atom is -0.331 e. The van der Waals surface area contributed by atoms with E-state index in [0.717, 1.165) is 95.2 Å². The minimum atomic E-state index is -0.341. The maximum absolute atomic E-state index is 14.0. The Morgan fingerprint density at radius 1 is 0.534 bits per heavy atom. The zero-order valence-corrected chi connectivity index (χ0v) is 34.5. The molecule has 0 saturated carbocycles. The van der Waals surface area contributed by atoms with Gasteiger partial charge in [0.15, 0.2) is 0 Å². The number of aromatic nitrogens is 4. The summed E-state index contributed by atoms with van der Waals surface area (Å²) in [5.74, 6) is 2.07. The fourth-order valence-corrected chi connectivity index (χ4v) is 9.18. The molecule has 2 fully saturated rings. The molecule has 0 radical (unpaired) electrons. The van der Waals surface area contributed by atoms with Gasteiger partial charge in [-0.05, 0) is 87.3 Å². The Morgan fingerprint density at radius 2 is 0.879 bits per heavy atom. The Morgan fingerprint density at radius 3 is 1.22 bits per heavy atom. The molecule has 4 aromatic carbocycles. The predicted molar refractivity (Wildman–Crippen MR) is 229 cm³/mol. The number of likely N-dealkylation sites (tertiary alicyclic amines) is 2. The van der Waals surface area contributed by atoms with Gasteiger partial charge in [0, 0.05) is 27.2 Å². The van der Waals surface area contributed by atoms with E-state index in [4.69, 9.17) is 9.97 Å². The third-order valence-electron chi connectivity index (χ3n) is 12.1. The first-order valence-corrected chi connectivity index (χ1v) is 20.4. The monoisotopic (exact) mass is 774 g/mol. The lowest BCUT2D eigenvalue weighted by Gasteiger charge is -2.32. The highest BCUT2D eigenvalue weighted by atomic mass is 16.2. The van der Waals surface area contributed by atoms with Crippen LogP contribution < -0.4 is 0 Å². The predicted octanol–water partition coefficient (Wildman–Crippen LogP) is 8.09. The Bertz CT molecular complexity index is 2180. The summed E-state index contributed by atoms with van der Waals surface area (Å²) in [7, 11) is 12.0. The number of hydrogen-bond donors (Lipinski definition) is 0. The zero-order chi connectivity index (χ0) is 40.5. The molecular weight excluding hydrogens is 721 g/mol. The molecule has 0 aliphatic carbocycles. The number of rotatable bonds is 11. The van der Waals surface area contributed by atoms with Crippen molar-refractivity contribution in [3.05, 3.63) is 144 Å². The van der Waals surface area contributed by atoms with E-state index in [1.54, 1.807) is 0 Å². The van der Waals surface area contributed by atoms with Crippen molar-refractivity contribution in [2.24, 2.45) is 14.1 Å². The molecule has 2 aliphatic heterocycles. The van der Waals surface area contributed by atoms with Crippen LogP contribution in [0.2, 0.25) is 0 Å². The van der Waals surface area contributed by atoms with Crippen LogP contribution in [-0.4, -0.2) is 91.8 Å². The molecule has 4 heterocycles. The van der Waals surface area contributed by atoms with Gasteiger partial charge in [-0.2, -0.15) is 0 Å². The van der Waals surface area contributed by atoms with Crippen molar-refractivity contribution < 1.29 is 9.59 Å². The van der Waals surface area contributed by atoms with Gasteiger partial charge >= 0.3 is 0 Å². The lowest BCUT2D eigenvalue weighted by Crippen LogP contribution is -2.40. The second kappa shape index (κ2) is 16.6. The van der Waals surface area contributed by atoms with E-state index in [0.29, 0.717) is 0 Å². The summed E-state index contributed by atoms with van der Waals surface area (Å²) >= 11 is 0. The molecule has 58 heavy (non-hydrogen) atoms. The second-order valence-corrected chi connectivity index (χ2v) is 16.2. The number of imidazole rings is 2. The van der Waals surface area contributed by atoms with Crippen LogP contribution in [0.3, 0.4) is 0 Å². The van der Waals surface area contributed by atoms with Crippen molar-refractivity contribution in [2.75, 3.05) is 41.3 Å². The molecule has 8 rings (SSSR count). The lowest BCUT2D eigenvalue weighted by molar-refractivity contribution is -0.138. The molecule has 2 amide bonds. The van der Waals surface area contributed by atoms with Crippen LogP contribution in [-0.2, 0) is 23.7 Å². The molecule has 4 atom stereocenters. The van der Waals surface area contributed by atoms with Crippen molar-refractivity contribution in [1.82, 2.24) is 38.7 Å². The first-order chi connectivity index (χ1) is 28.1. The SMILES string of the molecule is CN(C)[C@H](C(=O)N1CCC[C@@H]1c1ncc(-c2ccc(-c3ccc(-c4cnc([C@H]5CCCN5C(=O)[C@H](c5ccccc5)N(C)C)n4C)cc3)cc2)n1C)c1ccccc1. The highest BCUT2D eigenvalue weighted by Gasteiger charge is 2.39. The van der Waals surface area contributed by atoms with E-state index in [9.17, 15) is 9.59 Å². The molecule has 0 spiro atoms. The smallest absolute Gasteiger partial charge is 0.245 e. The van der Waals surface area contributed by atoms with Gasteiger partial charge in [0.2, 0.25) is 11.8 Å². The first kappa shape index (κ1) is 39.0. The van der Waals surface area contributed by atoms with Crippen LogP contribution in [0.5, 0.6) is 0 Å². The van der Waals surface area contributed by atoms with Crippen LogP contribution in [0.1, 0.15) is 72.6 Å². The summed E-state index contributed by atoms with van der Waals surface area (Å²) in [6.07, 6.45) is 7.57. The van der Waals surface area contributed by atoms with Crippen molar-refractivity contribution in [3.8, 4) is 33.6 Å². The maximum atomic E-state index is 14.0. The van der Waals surface area contributed by atoms with E-state index >= 15 is 0 Å². The largest absolute Gasteiger partial charge is 0.331 e. The molecular formula is C48H54N8O2. The number of amides is 2. The average molecular weight is 775 g/mol. The Kier molecular flexibility index (Phi) is 11.1. The fourth-order valence-electron chi connectivity index (χ4n) is 9.18. The van der Waals surface area contributed by atoms with Gasteiger partial charge in [0.1, 0.15) is 23.7 Å². The summed E-state index contributed by atoms with van der Waals surface area (Å²) in [4.78, 5) is 46.0. The number of hydrogen-bond acceptors (Lipinski definition) is 6. The maximum Gasteiger partial charge on any atom is 0.245 e. The summed E-state index contributed by atoms with van der Waals surface area (Å²) in [6.45, 7) is 1.45. The van der Waals surface area contributed by atoms with Crippen LogP contribution in [0.4, 0.5) is 0 Å². The number of benzene rings is 4. The van der Waals surface area contributed by atoms with Gasteiger partial charge in [-0.3, -0.25) is 19.4 Å². The normalized spacial score (nSPS) is 18.0. The summed E-state index contributed by atoms with van der Waals surface area (Å²) in [5.41, 5.74) is 8.46. The lowest BCUT2D eigenvalue weighted by atomic mass is 10.0. The second-order valence-electron chi connectivity index (χ2n) is 16.2. The molecule has 6 aromatic rings. The first-order valence-electron chi connectivity index (χ1n) is 20.4. The van der Waals surface area contributed by atoms with E-state index in [1.165, 1.54) is 0 Å². The van der Waals surface area contributed by atoms with E-state index in [-0.39, 0.29) is 36.0 Å². The Hall–Kier alpha value is -5.84. The molecule has 2 saturated heterocycles. The van der Waals surface area contributed by atoms with Crippen molar-refractivity contribution in [3.63, 3.8) is 0 Å². The van der Waals surface area contributed by atoms with E-state index in [2.05, 4.69) is 71.8 Å². The summed E-state index contributed by atoms with van der Waals surface area (Å²) in [6, 6.07) is 36.5. The fraction of sp³-hybridized carbons (Fsp3) is 0.333. The summed E-state index contributed by atoms with van der Waals surface area (Å²) in [5, 5.41) is 0. The van der Waals surface area contributed by atoms with E-state index in [1.807, 2.05) is 121 Å². The van der Waals surface area contributed by atoms with Crippen LogP contribution in [0, 0.1) is 0 Å². The minimum absolute atomic E-state index is 0.0691. The van der Waals surface area contributed by atoms with Crippen molar-refractivity contribution >= 4 is 11.8 Å². The van der Waals surface area contributed by atoms with Gasteiger partial charge in [0.25, 0.3) is 0 Å². The quantitative estimate of drug-likeness (QED) is 0.132. The number of carbonyl (C=O) groups is 2. The Labute approximate surface area is 342 Å². The van der Waals surface area contributed by atoms with Crippen LogP contribution in [0.15, 0.2) is 122 Å². The van der Waals surface area contributed by atoms with Crippen LogP contribution in [0.25, 0.3) is 33.6 Å². The molecule has 2 aromatic heterocycles. The van der Waals surface area contributed by atoms with E-state index < -0.39 is 0 Å². The topological polar surface area (TPSA) is 82.7 Å². The standard InChI is InChI=1S/C48H54N8O2/c1-51(2)43(37-15-9-7-10-16-37)47(57)55-29-13-19-39(55)45-49-31-41(53(45)5)35-25-21-33(22-26-35)34-23-27-36(28-24-34)42-32-50-46(54(42)6)40-20-14-30-56(40)48(58)44(52(3)4)38-17-11-8-12-18-38/h7-12,15-18,21-28,31-32,39-40,43-44H,13-14,19-20,29-30H2,1-6H3/t39-,40-,43+,44+/m1/s1. The summed E-state index contributed by atoms with van der Waals surface area (Å²) < 4.78 is 4.31. The number of likely N-dealkylation sites (N-methyl/N-ethyl adjacent to an activating group) is 2. The van der Waals surface area contributed by atoms with Gasteiger partial charge in [-0.15, -0.1) is 0 Å². The highest BCUT2D eigenvalue weighted by Crippen LogP contribution is 2.38. The van der Waals surface area contributed by atoms with Crippen LogP contribution >= 0.6 is 0 Å². The third-order valence-corrected chi connectivity index (χ3v) is 12.1. The van der Waals surface area contributed by atoms with Gasteiger partial charge in [0.05, 0.1) is 35.9 Å². The molecule has 10 nitrogen and oxygen atoms in total. The Balaban J connectivity index is 0.963. The van der Waals surface area contributed by atoms with Crippen molar-refractivity contribution in [1.29, 1.82) is 0 Å². The number of carbonyl (C=O) groups excluding carboxylic acids is 2. The highest BCUT2D eigenvalue weighted by molar-refractivity contribution is 5.85. The van der Waals surface area contributed by atoms with Gasteiger partial charge < -0.3 is 18.9 Å². The van der Waals surface area contributed by atoms with Crippen molar-refractivity contribution in [2.45, 2.75) is 49.9 Å². The zero-order valence-electron chi connectivity index (χ0n) is 34.5. The molecule has 0 bridgehead atoms. The molecule has 0 unspecified atom stereocenters. The molecule has 298 valence electrons. The van der Waals surface area contributed by atoms with Gasteiger partial charge in [-0.1, -0.05) is 109 Å². The number of nitrogens with zero attached hydrogens (tertiary/aromatic N) is 8. The molecule has 10 heteroatoms. The molecule has 0 N–H and O–H groups in total. The average Bonchev–Trinajstić information content (AvgIpc) is 4.06. The van der Waals surface area contributed by atoms with Gasteiger partial charge in [-0.25, -0.2) is 9.97 Å². The molecule has 2 aliphatic rings.